The number of guanidine groups is 1. The number of hydrogen-bond donors (Lipinski definition) is 2. The van der Waals surface area contributed by atoms with Gasteiger partial charge in [0.05, 0.1) is 36.7 Å². The highest BCUT2D eigenvalue weighted by atomic mass is 19.1. The Morgan fingerprint density at radius 3 is 2.00 bits per heavy atom. The van der Waals surface area contributed by atoms with Gasteiger partial charge in [-0.15, -0.1) is 0 Å². The molecule has 0 spiro atoms. The number of hydrogen-bond acceptors (Lipinski definition) is 6. The largest absolute Gasteiger partial charge is 0.334 e. The summed E-state index contributed by atoms with van der Waals surface area (Å²) >= 11 is 0. The Hall–Kier alpha value is -5.06. The smallest absolute Gasteiger partial charge is 0.264 e. The van der Waals surface area contributed by atoms with Crippen molar-refractivity contribution in [3.05, 3.63) is 125 Å². The monoisotopic (exact) mass is 525 g/mol. The summed E-state index contributed by atoms with van der Waals surface area (Å²) in [6.45, 7) is 0.590. The molecule has 9 nitrogen and oxygen atoms in total. The minimum Gasteiger partial charge on any atom is -0.334 e. The van der Waals surface area contributed by atoms with Gasteiger partial charge in [0.15, 0.2) is 11.5 Å². The first-order chi connectivity index (χ1) is 18.8. The normalized spacial score (nSPS) is 15.8. The van der Waals surface area contributed by atoms with Gasteiger partial charge in [0.1, 0.15) is 11.6 Å². The Morgan fingerprint density at radius 1 is 0.872 bits per heavy atom. The standard InChI is InChI=1S/C28H21F2N7O2/c29-20-5-1-18(2-6-20)28(19-3-7-21(30)8-4-19)26(39)37(27(31)35-28)14-22-13-17(9-10-32-22)25(38)36-15-23-24(16-36)34-12-11-33-23/h1-13H,14-16H2,(H2,31,35). The average Bonchev–Trinajstić information content (AvgIpc) is 3.49. The minimum absolute atomic E-state index is 0.0980. The van der Waals surface area contributed by atoms with Crippen LogP contribution in [0.25, 0.3) is 0 Å². The molecule has 11 heteroatoms. The first-order valence-electron chi connectivity index (χ1n) is 12.1. The van der Waals surface area contributed by atoms with Crippen LogP contribution in [-0.2, 0) is 30.0 Å². The van der Waals surface area contributed by atoms with Gasteiger partial charge in [0, 0.05) is 24.2 Å². The maximum atomic E-state index is 14.0. The van der Waals surface area contributed by atoms with Crippen LogP contribution in [0.4, 0.5) is 8.78 Å². The van der Waals surface area contributed by atoms with Gasteiger partial charge >= 0.3 is 0 Å². The number of benzene rings is 2. The summed E-state index contributed by atoms with van der Waals surface area (Å²) in [5.74, 6) is -1.92. The minimum atomic E-state index is -1.58. The molecular formula is C28H21F2N7O2. The molecule has 0 bridgehead atoms. The average molecular weight is 526 g/mol. The van der Waals surface area contributed by atoms with E-state index < -0.39 is 23.1 Å². The third-order valence-corrected chi connectivity index (χ3v) is 6.91. The number of fused-ring (bicyclic) bond motifs is 1. The van der Waals surface area contributed by atoms with Gasteiger partial charge < -0.3 is 10.2 Å². The second-order valence-corrected chi connectivity index (χ2v) is 9.28. The zero-order chi connectivity index (χ0) is 27.1. The first kappa shape index (κ1) is 24.3. The number of halogens is 2. The Morgan fingerprint density at radius 2 is 1.44 bits per heavy atom. The Labute approximate surface area is 221 Å². The van der Waals surface area contributed by atoms with E-state index in [0.29, 0.717) is 35.5 Å². The molecule has 2 amide bonds. The molecule has 2 aliphatic heterocycles. The van der Waals surface area contributed by atoms with Gasteiger partial charge in [-0.3, -0.25) is 34.9 Å². The quantitative estimate of drug-likeness (QED) is 0.414. The maximum Gasteiger partial charge on any atom is 0.264 e. The third kappa shape index (κ3) is 4.17. The summed E-state index contributed by atoms with van der Waals surface area (Å²) in [4.78, 5) is 42.9. The molecular weight excluding hydrogens is 504 g/mol. The van der Waals surface area contributed by atoms with Crippen molar-refractivity contribution in [3.8, 4) is 0 Å². The van der Waals surface area contributed by atoms with Crippen LogP contribution in [0.1, 0.15) is 38.6 Å². The Kier molecular flexibility index (Phi) is 5.82. The lowest BCUT2D eigenvalue weighted by Gasteiger charge is -2.28. The molecule has 4 aromatic rings. The van der Waals surface area contributed by atoms with Crippen LogP contribution < -0.4 is 5.32 Å². The number of nitrogens with zero attached hydrogens (tertiary/aromatic N) is 5. The maximum absolute atomic E-state index is 14.0. The Bertz CT molecular complexity index is 1540. The van der Waals surface area contributed by atoms with Crippen LogP contribution in [0.2, 0.25) is 0 Å². The van der Waals surface area contributed by atoms with E-state index in [-0.39, 0.29) is 18.4 Å². The van der Waals surface area contributed by atoms with Crippen molar-refractivity contribution >= 4 is 17.8 Å². The van der Waals surface area contributed by atoms with E-state index in [0.717, 1.165) is 11.4 Å². The van der Waals surface area contributed by atoms with E-state index in [1.54, 1.807) is 29.4 Å². The summed E-state index contributed by atoms with van der Waals surface area (Å²) in [5, 5.41) is 11.6. The van der Waals surface area contributed by atoms with Crippen LogP contribution in [-0.4, -0.2) is 42.5 Å². The number of carbonyl (C=O) groups is 2. The van der Waals surface area contributed by atoms with Crippen molar-refractivity contribution in [2.45, 2.75) is 25.2 Å². The van der Waals surface area contributed by atoms with Gasteiger partial charge in [-0.05, 0) is 47.5 Å². The van der Waals surface area contributed by atoms with Gasteiger partial charge in [-0.1, -0.05) is 24.3 Å². The zero-order valence-corrected chi connectivity index (χ0v) is 20.4. The van der Waals surface area contributed by atoms with Gasteiger partial charge in [-0.2, -0.15) is 0 Å². The highest BCUT2D eigenvalue weighted by Crippen LogP contribution is 2.36. The molecule has 1 saturated heterocycles. The summed E-state index contributed by atoms with van der Waals surface area (Å²) in [6, 6.07) is 13.9. The van der Waals surface area contributed by atoms with E-state index in [2.05, 4.69) is 20.3 Å². The summed E-state index contributed by atoms with van der Waals surface area (Å²) in [7, 11) is 0. The summed E-state index contributed by atoms with van der Waals surface area (Å²) in [5.41, 5.74) is 1.47. The fourth-order valence-electron chi connectivity index (χ4n) is 4.97. The van der Waals surface area contributed by atoms with Gasteiger partial charge in [-0.25, -0.2) is 8.78 Å². The van der Waals surface area contributed by atoms with Crippen molar-refractivity contribution in [2.24, 2.45) is 0 Å². The first-order valence-corrected chi connectivity index (χ1v) is 12.1. The van der Waals surface area contributed by atoms with Crippen LogP contribution in [0.3, 0.4) is 0 Å². The van der Waals surface area contributed by atoms with Crippen molar-refractivity contribution in [3.63, 3.8) is 0 Å². The zero-order valence-electron chi connectivity index (χ0n) is 20.4. The molecule has 2 aromatic heterocycles. The molecule has 2 aliphatic rings. The fraction of sp³-hybridized carbons (Fsp3) is 0.143. The summed E-state index contributed by atoms with van der Waals surface area (Å²) < 4.78 is 27.5. The SMILES string of the molecule is N=C1NC(c2ccc(F)cc2)(c2ccc(F)cc2)C(=O)N1Cc1cc(C(=O)N2Cc3nccnc3C2)ccn1. The number of aromatic nitrogens is 3. The molecule has 194 valence electrons. The number of nitrogens with one attached hydrogen (secondary N) is 2. The lowest BCUT2D eigenvalue weighted by molar-refractivity contribution is -0.130. The van der Waals surface area contributed by atoms with Crippen LogP contribution in [0.15, 0.2) is 79.3 Å². The number of amides is 2. The van der Waals surface area contributed by atoms with Crippen molar-refractivity contribution in [2.75, 3.05) is 0 Å². The molecule has 2 N–H and O–H groups in total. The predicted molar refractivity (Wildman–Crippen MR) is 135 cm³/mol. The lowest BCUT2D eigenvalue weighted by Crippen LogP contribution is -2.45. The molecule has 0 atom stereocenters. The number of carbonyl (C=O) groups excluding carboxylic acids is 2. The third-order valence-electron chi connectivity index (χ3n) is 6.91. The molecule has 2 aromatic carbocycles. The van der Waals surface area contributed by atoms with Gasteiger partial charge in [0.2, 0.25) is 0 Å². The Balaban J connectivity index is 1.29. The van der Waals surface area contributed by atoms with Gasteiger partial charge in [0.25, 0.3) is 11.8 Å². The topological polar surface area (TPSA) is 115 Å². The lowest BCUT2D eigenvalue weighted by atomic mass is 9.82. The van der Waals surface area contributed by atoms with E-state index in [4.69, 9.17) is 5.41 Å². The van der Waals surface area contributed by atoms with E-state index in [1.165, 1.54) is 59.6 Å². The molecule has 0 saturated carbocycles. The van der Waals surface area contributed by atoms with Crippen molar-refractivity contribution in [1.82, 2.24) is 30.1 Å². The highest BCUT2D eigenvalue weighted by Gasteiger charge is 2.52. The highest BCUT2D eigenvalue weighted by molar-refractivity contribution is 6.10. The number of pyridine rings is 1. The molecule has 6 rings (SSSR count). The second kappa shape index (κ2) is 9.35. The van der Waals surface area contributed by atoms with Crippen LogP contribution in [0, 0.1) is 17.0 Å². The molecule has 4 heterocycles. The second-order valence-electron chi connectivity index (χ2n) is 9.28. The summed E-state index contributed by atoms with van der Waals surface area (Å²) in [6.07, 6.45) is 4.66. The predicted octanol–water partition coefficient (Wildman–Crippen LogP) is 3.12. The molecule has 0 aliphatic carbocycles. The number of rotatable bonds is 5. The van der Waals surface area contributed by atoms with Crippen LogP contribution >= 0.6 is 0 Å². The fourth-order valence-corrected chi connectivity index (χ4v) is 4.97. The molecule has 0 radical (unpaired) electrons. The van der Waals surface area contributed by atoms with E-state index >= 15 is 0 Å². The van der Waals surface area contributed by atoms with E-state index in [9.17, 15) is 18.4 Å². The molecule has 39 heavy (non-hydrogen) atoms. The molecule has 0 unspecified atom stereocenters. The van der Waals surface area contributed by atoms with Crippen molar-refractivity contribution < 1.29 is 18.4 Å². The van der Waals surface area contributed by atoms with Crippen molar-refractivity contribution in [1.29, 1.82) is 5.41 Å². The van der Waals surface area contributed by atoms with Crippen LogP contribution in [0.5, 0.6) is 0 Å². The van der Waals surface area contributed by atoms with E-state index in [1.807, 2.05) is 0 Å². The molecule has 1 fully saturated rings.